The van der Waals surface area contributed by atoms with Crippen LogP contribution in [0.25, 0.3) is 0 Å². The molecule has 3 aromatic carbocycles. The quantitative estimate of drug-likeness (QED) is 0.365. The number of hydrogen-bond acceptors (Lipinski definition) is 5. The highest BCUT2D eigenvalue weighted by molar-refractivity contribution is 7.92. The molecule has 0 spiro atoms. The number of carbonyl (C=O) groups is 1. The largest absolute Gasteiger partial charge is 0.494 e. The number of hydrogen-bond donors (Lipinski definition) is 1. The van der Waals surface area contributed by atoms with Gasteiger partial charge in [-0.2, -0.15) is 0 Å². The number of aryl methyl sites for hydroxylation is 1. The van der Waals surface area contributed by atoms with E-state index in [1.165, 1.54) is 0 Å². The van der Waals surface area contributed by atoms with E-state index in [9.17, 15) is 13.2 Å². The summed E-state index contributed by atoms with van der Waals surface area (Å²) in [4.78, 5) is 12.8. The summed E-state index contributed by atoms with van der Waals surface area (Å²) in [6.07, 6.45) is 2.53. The van der Waals surface area contributed by atoms with Gasteiger partial charge in [-0.25, -0.2) is 8.42 Å². The Morgan fingerprint density at radius 1 is 0.943 bits per heavy atom. The van der Waals surface area contributed by atoms with E-state index in [0.29, 0.717) is 36.8 Å². The number of para-hydroxylation sites is 2. The van der Waals surface area contributed by atoms with Gasteiger partial charge in [0.2, 0.25) is 15.9 Å². The molecule has 3 aromatic rings. The molecule has 35 heavy (non-hydrogen) atoms. The van der Waals surface area contributed by atoms with Gasteiger partial charge in [0.1, 0.15) is 23.3 Å². The summed E-state index contributed by atoms with van der Waals surface area (Å²) in [7, 11) is -3.70. The van der Waals surface area contributed by atoms with E-state index in [2.05, 4.69) is 5.32 Å². The zero-order valence-corrected chi connectivity index (χ0v) is 21.1. The zero-order valence-electron chi connectivity index (χ0n) is 20.3. The minimum Gasteiger partial charge on any atom is -0.494 e. The van der Waals surface area contributed by atoms with E-state index in [1.807, 2.05) is 61.5 Å². The van der Waals surface area contributed by atoms with Crippen LogP contribution in [0.1, 0.15) is 25.8 Å². The fraction of sp³-hybridized carbons (Fsp3) is 0.296. The lowest BCUT2D eigenvalue weighted by Gasteiger charge is -2.28. The topological polar surface area (TPSA) is 84.9 Å². The minimum atomic E-state index is -3.70. The number of benzene rings is 3. The molecule has 8 heteroatoms. The maximum atomic E-state index is 12.8. The molecule has 0 bridgehead atoms. The SMILES string of the molecule is CCOc1ccccc1CCCNC(=O)[C@H](C)N(c1ccc(Oc2ccccc2)cc1)S(C)(=O)=O. The van der Waals surface area contributed by atoms with E-state index in [0.717, 1.165) is 28.3 Å². The first-order chi connectivity index (χ1) is 16.8. The Bertz CT molecular complexity index is 1200. The number of carbonyl (C=O) groups excluding carboxylic acids is 1. The van der Waals surface area contributed by atoms with Gasteiger partial charge >= 0.3 is 0 Å². The standard InChI is InChI=1S/C27H32N2O5S/c1-4-33-26-15-9-8-11-22(26)12-10-20-28-27(30)21(2)29(35(3,31)32)23-16-18-25(19-17-23)34-24-13-6-5-7-14-24/h5-9,11,13-19,21H,4,10,12,20H2,1-3H3,(H,28,30)/t21-/m0/s1. The second-order valence-electron chi connectivity index (χ2n) is 8.08. The summed E-state index contributed by atoms with van der Waals surface area (Å²) in [6, 6.07) is 22.8. The van der Waals surface area contributed by atoms with E-state index in [4.69, 9.17) is 9.47 Å². The third-order valence-electron chi connectivity index (χ3n) is 5.35. The van der Waals surface area contributed by atoms with E-state index in [1.54, 1.807) is 31.2 Å². The van der Waals surface area contributed by atoms with Gasteiger partial charge in [-0.1, -0.05) is 36.4 Å². The number of nitrogens with one attached hydrogen (secondary N) is 1. The summed E-state index contributed by atoms with van der Waals surface area (Å²) in [5.41, 5.74) is 1.47. The molecule has 0 radical (unpaired) electrons. The predicted octanol–water partition coefficient (Wildman–Crippen LogP) is 4.78. The Balaban J connectivity index is 1.61. The highest BCUT2D eigenvalue weighted by Crippen LogP contribution is 2.27. The Morgan fingerprint density at radius 3 is 2.23 bits per heavy atom. The molecule has 0 unspecified atom stereocenters. The van der Waals surface area contributed by atoms with Crippen molar-refractivity contribution in [2.24, 2.45) is 0 Å². The number of anilines is 1. The lowest BCUT2D eigenvalue weighted by atomic mass is 10.1. The van der Waals surface area contributed by atoms with Gasteiger partial charge in [0.15, 0.2) is 0 Å². The average Bonchev–Trinajstić information content (AvgIpc) is 2.84. The van der Waals surface area contributed by atoms with Crippen LogP contribution in [0.3, 0.4) is 0 Å². The summed E-state index contributed by atoms with van der Waals surface area (Å²) in [5.74, 6) is 1.73. The Hall–Kier alpha value is -3.52. The number of rotatable bonds is 12. The molecule has 1 N–H and O–H groups in total. The summed E-state index contributed by atoms with van der Waals surface area (Å²) >= 11 is 0. The van der Waals surface area contributed by atoms with Crippen LogP contribution in [0.4, 0.5) is 5.69 Å². The van der Waals surface area contributed by atoms with E-state index in [-0.39, 0.29) is 5.91 Å². The zero-order chi connectivity index (χ0) is 25.3. The highest BCUT2D eigenvalue weighted by Gasteiger charge is 2.29. The summed E-state index contributed by atoms with van der Waals surface area (Å²) in [6.45, 7) is 4.53. The van der Waals surface area contributed by atoms with Crippen LogP contribution >= 0.6 is 0 Å². The molecule has 0 heterocycles. The van der Waals surface area contributed by atoms with Crippen molar-refractivity contribution in [1.82, 2.24) is 5.32 Å². The van der Waals surface area contributed by atoms with E-state index < -0.39 is 16.1 Å². The second kappa shape index (κ2) is 12.3. The lowest BCUT2D eigenvalue weighted by Crippen LogP contribution is -2.48. The molecule has 0 aliphatic rings. The fourth-order valence-electron chi connectivity index (χ4n) is 3.74. The van der Waals surface area contributed by atoms with Crippen molar-refractivity contribution < 1.29 is 22.7 Å². The highest BCUT2D eigenvalue weighted by atomic mass is 32.2. The molecule has 0 aliphatic carbocycles. The van der Waals surface area contributed by atoms with Crippen LogP contribution in [0.2, 0.25) is 0 Å². The van der Waals surface area contributed by atoms with Crippen molar-refractivity contribution in [2.75, 3.05) is 23.7 Å². The molecular formula is C27H32N2O5S. The van der Waals surface area contributed by atoms with Crippen molar-refractivity contribution >= 4 is 21.6 Å². The van der Waals surface area contributed by atoms with Crippen LogP contribution in [0, 0.1) is 0 Å². The van der Waals surface area contributed by atoms with Gasteiger partial charge in [0.05, 0.1) is 18.6 Å². The minimum absolute atomic E-state index is 0.363. The first kappa shape index (κ1) is 26.1. The third kappa shape index (κ3) is 7.48. The van der Waals surface area contributed by atoms with Crippen LogP contribution in [-0.2, 0) is 21.2 Å². The van der Waals surface area contributed by atoms with Crippen molar-refractivity contribution in [3.8, 4) is 17.2 Å². The number of ether oxygens (including phenoxy) is 2. The van der Waals surface area contributed by atoms with Gasteiger partial charge in [-0.05, 0) is 74.7 Å². The lowest BCUT2D eigenvalue weighted by molar-refractivity contribution is -0.121. The number of sulfonamides is 1. The molecule has 0 aliphatic heterocycles. The first-order valence-corrected chi connectivity index (χ1v) is 13.4. The van der Waals surface area contributed by atoms with Gasteiger partial charge in [-0.3, -0.25) is 9.10 Å². The van der Waals surface area contributed by atoms with Gasteiger partial charge in [0, 0.05) is 6.54 Å². The molecule has 0 saturated heterocycles. The van der Waals surface area contributed by atoms with Gasteiger partial charge in [0.25, 0.3) is 0 Å². The smallest absolute Gasteiger partial charge is 0.243 e. The molecule has 1 amide bonds. The maximum Gasteiger partial charge on any atom is 0.243 e. The average molecular weight is 497 g/mol. The molecular weight excluding hydrogens is 464 g/mol. The van der Waals surface area contributed by atoms with Crippen LogP contribution in [0.5, 0.6) is 17.2 Å². The Labute approximate surface area is 207 Å². The van der Waals surface area contributed by atoms with Crippen LogP contribution in [0.15, 0.2) is 78.9 Å². The first-order valence-electron chi connectivity index (χ1n) is 11.6. The predicted molar refractivity (Wildman–Crippen MR) is 139 cm³/mol. The Morgan fingerprint density at radius 2 is 1.57 bits per heavy atom. The number of nitrogens with zero attached hydrogens (tertiary/aromatic N) is 1. The monoisotopic (exact) mass is 496 g/mol. The normalized spacial score (nSPS) is 12.0. The molecule has 3 rings (SSSR count). The van der Waals surface area contributed by atoms with Gasteiger partial charge in [-0.15, -0.1) is 0 Å². The van der Waals surface area contributed by atoms with Crippen molar-refractivity contribution in [3.63, 3.8) is 0 Å². The molecule has 7 nitrogen and oxygen atoms in total. The third-order valence-corrected chi connectivity index (χ3v) is 6.59. The second-order valence-corrected chi connectivity index (χ2v) is 9.94. The van der Waals surface area contributed by atoms with Crippen molar-refractivity contribution in [2.45, 2.75) is 32.7 Å². The molecule has 0 aromatic heterocycles. The fourth-order valence-corrected chi connectivity index (χ4v) is 4.91. The van der Waals surface area contributed by atoms with Gasteiger partial charge < -0.3 is 14.8 Å². The van der Waals surface area contributed by atoms with Crippen molar-refractivity contribution in [1.29, 1.82) is 0 Å². The number of amides is 1. The molecule has 0 fully saturated rings. The molecule has 186 valence electrons. The maximum absolute atomic E-state index is 12.8. The summed E-state index contributed by atoms with van der Waals surface area (Å²) in [5, 5.41) is 2.86. The summed E-state index contributed by atoms with van der Waals surface area (Å²) < 4.78 is 37.7. The molecule has 1 atom stereocenters. The van der Waals surface area contributed by atoms with Crippen molar-refractivity contribution in [3.05, 3.63) is 84.4 Å². The van der Waals surface area contributed by atoms with Crippen LogP contribution in [-0.4, -0.2) is 39.8 Å². The van der Waals surface area contributed by atoms with E-state index >= 15 is 0 Å². The molecule has 0 saturated carbocycles. The van der Waals surface area contributed by atoms with Crippen LogP contribution < -0.4 is 19.1 Å². The Kier molecular flexibility index (Phi) is 9.14.